The van der Waals surface area contributed by atoms with Gasteiger partial charge in [-0.2, -0.15) is 0 Å². The molecule has 0 radical (unpaired) electrons. The van der Waals surface area contributed by atoms with Crippen LogP contribution >= 0.6 is 0 Å². The fraction of sp³-hybridized carbons (Fsp3) is 0.627. The minimum Gasteiger partial charge on any atom is -0.462 e. The van der Waals surface area contributed by atoms with Crippen molar-refractivity contribution in [1.82, 2.24) is 0 Å². The average Bonchev–Trinajstić information content (AvgIpc) is 3.39. The first-order valence-electron chi connectivity index (χ1n) is 29.7. The predicted molar refractivity (Wildman–Crippen MR) is 316 cm³/mol. The number of rotatable bonds is 52. The predicted octanol–water partition coefficient (Wildman–Crippen LogP) is 20.2. The molecule has 0 N–H and O–H groups in total. The van der Waals surface area contributed by atoms with Crippen LogP contribution in [0.4, 0.5) is 0 Å². The fourth-order valence-corrected chi connectivity index (χ4v) is 7.79. The van der Waals surface area contributed by atoms with E-state index in [0.29, 0.717) is 19.3 Å². The number of esters is 3. The molecular formula is C67H108O6. The lowest BCUT2D eigenvalue weighted by atomic mass is 10.0. The molecule has 1 atom stereocenters. The Labute approximate surface area is 449 Å². The van der Waals surface area contributed by atoms with Gasteiger partial charge < -0.3 is 14.2 Å². The van der Waals surface area contributed by atoms with E-state index in [4.69, 9.17) is 14.2 Å². The van der Waals surface area contributed by atoms with Crippen molar-refractivity contribution >= 4 is 17.9 Å². The van der Waals surface area contributed by atoms with E-state index in [1.165, 1.54) is 89.9 Å². The number of allylic oxidation sites excluding steroid dienone is 22. The molecule has 0 spiro atoms. The van der Waals surface area contributed by atoms with E-state index >= 15 is 0 Å². The Kier molecular flexibility index (Phi) is 56.4. The molecule has 0 aliphatic carbocycles. The van der Waals surface area contributed by atoms with Crippen molar-refractivity contribution in [3.63, 3.8) is 0 Å². The van der Waals surface area contributed by atoms with Crippen LogP contribution in [-0.4, -0.2) is 37.2 Å². The third-order valence-corrected chi connectivity index (χ3v) is 12.2. The molecule has 0 saturated carbocycles. The lowest BCUT2D eigenvalue weighted by Crippen LogP contribution is -2.30. The van der Waals surface area contributed by atoms with Gasteiger partial charge in [0, 0.05) is 19.3 Å². The van der Waals surface area contributed by atoms with Crippen LogP contribution in [0.5, 0.6) is 0 Å². The summed E-state index contributed by atoms with van der Waals surface area (Å²) in [7, 11) is 0. The Balaban J connectivity index is 4.35. The van der Waals surface area contributed by atoms with Gasteiger partial charge in [-0.05, 0) is 103 Å². The van der Waals surface area contributed by atoms with Crippen LogP contribution in [0.1, 0.15) is 252 Å². The Hall–Kier alpha value is -4.45. The van der Waals surface area contributed by atoms with Gasteiger partial charge in [0.15, 0.2) is 6.10 Å². The van der Waals surface area contributed by atoms with E-state index in [1.54, 1.807) is 0 Å². The van der Waals surface area contributed by atoms with Crippen LogP contribution in [0.15, 0.2) is 134 Å². The van der Waals surface area contributed by atoms with E-state index in [-0.39, 0.29) is 31.6 Å². The van der Waals surface area contributed by atoms with E-state index in [0.717, 1.165) is 116 Å². The monoisotopic (exact) mass is 1010 g/mol. The van der Waals surface area contributed by atoms with E-state index in [2.05, 4.69) is 142 Å². The summed E-state index contributed by atoms with van der Waals surface area (Å²) in [6.45, 7) is 6.33. The molecule has 6 heteroatoms. The van der Waals surface area contributed by atoms with Crippen LogP contribution in [-0.2, 0) is 28.6 Å². The second kappa shape index (κ2) is 60.1. The summed E-state index contributed by atoms with van der Waals surface area (Å²) in [5, 5.41) is 0. The summed E-state index contributed by atoms with van der Waals surface area (Å²) >= 11 is 0. The fourth-order valence-electron chi connectivity index (χ4n) is 7.79. The van der Waals surface area contributed by atoms with Crippen molar-refractivity contribution in [2.75, 3.05) is 13.2 Å². The lowest BCUT2D eigenvalue weighted by molar-refractivity contribution is -0.166. The molecule has 0 heterocycles. The molecule has 0 aromatic rings. The highest BCUT2D eigenvalue weighted by molar-refractivity contribution is 5.71. The maximum absolute atomic E-state index is 12.8. The average molecular weight is 1010 g/mol. The van der Waals surface area contributed by atoms with Gasteiger partial charge in [-0.25, -0.2) is 0 Å². The second-order valence-electron chi connectivity index (χ2n) is 19.1. The molecule has 0 bridgehead atoms. The summed E-state index contributed by atoms with van der Waals surface area (Å²) < 4.78 is 16.8. The third kappa shape index (κ3) is 58.3. The smallest absolute Gasteiger partial charge is 0.306 e. The Morgan fingerprint density at radius 1 is 0.288 bits per heavy atom. The van der Waals surface area contributed by atoms with Crippen LogP contribution in [0.25, 0.3) is 0 Å². The van der Waals surface area contributed by atoms with Gasteiger partial charge in [0.1, 0.15) is 13.2 Å². The number of carbonyl (C=O) groups is 3. The number of carbonyl (C=O) groups excluding carboxylic acids is 3. The molecule has 6 nitrogen and oxygen atoms in total. The quantitative estimate of drug-likeness (QED) is 0.0261. The molecule has 412 valence electrons. The molecule has 0 aromatic carbocycles. The standard InChI is InChI=1S/C67H108O6/c1-4-7-10-13-16-19-22-25-26-27-28-29-30-31-32-33-34-35-36-37-38-39-40-43-45-48-51-54-57-60-66(69)72-63-64(73-67(70)61-58-55-52-49-46-42-24-21-18-15-12-9-6-3)62-71-65(68)59-56-53-50-47-44-41-23-20-17-14-11-8-5-2/h7,9-10,12,16,18-19,21,25-26,28-29,31-32,34-35,37-38,42,46,52,55,64H,4-6,8,11,13-15,17,20,22-24,27,30,33,36,39-41,43-45,47-51,53-54,56-63H2,1-3H3/b10-7-,12-9-,19-16-,21-18-,26-25-,29-28-,32-31-,35-34-,38-37-,46-42-,55-52-. The second-order valence-corrected chi connectivity index (χ2v) is 19.1. The van der Waals surface area contributed by atoms with E-state index < -0.39 is 12.1 Å². The van der Waals surface area contributed by atoms with Gasteiger partial charge in [-0.15, -0.1) is 0 Å². The SMILES string of the molecule is CC/C=C\C/C=C\C/C=C\C/C=C\C/C=C\C/C=C\C/C=C\CCCCCCCCCC(=O)OCC(COC(=O)CCCCCCCCCCCCCCC)OC(=O)CC/C=C\C/C=C\C/C=C\C/C=C\CC. The molecule has 0 aliphatic heterocycles. The molecule has 0 saturated heterocycles. The highest BCUT2D eigenvalue weighted by Gasteiger charge is 2.19. The van der Waals surface area contributed by atoms with Crippen molar-refractivity contribution in [3.8, 4) is 0 Å². The minimum absolute atomic E-state index is 0.112. The summed E-state index contributed by atoms with van der Waals surface area (Å²) in [4.78, 5) is 38.1. The zero-order valence-corrected chi connectivity index (χ0v) is 47.1. The van der Waals surface area contributed by atoms with Crippen LogP contribution in [0.3, 0.4) is 0 Å². The van der Waals surface area contributed by atoms with E-state index in [9.17, 15) is 14.4 Å². The zero-order valence-electron chi connectivity index (χ0n) is 47.1. The van der Waals surface area contributed by atoms with Crippen LogP contribution < -0.4 is 0 Å². The summed E-state index contributed by atoms with van der Waals surface area (Å²) in [5.74, 6) is -1.01. The van der Waals surface area contributed by atoms with Gasteiger partial charge >= 0.3 is 17.9 Å². The number of hydrogen-bond acceptors (Lipinski definition) is 6. The molecule has 0 aromatic heterocycles. The minimum atomic E-state index is -0.823. The number of unbranched alkanes of at least 4 members (excludes halogenated alkanes) is 19. The van der Waals surface area contributed by atoms with Crippen molar-refractivity contribution < 1.29 is 28.6 Å². The molecular weight excluding hydrogens is 901 g/mol. The zero-order chi connectivity index (χ0) is 52.9. The van der Waals surface area contributed by atoms with E-state index in [1.807, 2.05) is 12.2 Å². The highest BCUT2D eigenvalue weighted by atomic mass is 16.6. The highest BCUT2D eigenvalue weighted by Crippen LogP contribution is 2.15. The third-order valence-electron chi connectivity index (χ3n) is 12.2. The first-order valence-corrected chi connectivity index (χ1v) is 29.7. The van der Waals surface area contributed by atoms with Gasteiger partial charge in [-0.3, -0.25) is 14.4 Å². The molecule has 0 rings (SSSR count). The maximum atomic E-state index is 12.8. The lowest BCUT2D eigenvalue weighted by Gasteiger charge is -2.18. The summed E-state index contributed by atoms with van der Waals surface area (Å²) in [6, 6.07) is 0. The molecule has 1 unspecified atom stereocenters. The topological polar surface area (TPSA) is 78.9 Å². The normalized spacial score (nSPS) is 13.1. The first-order chi connectivity index (χ1) is 36.0. The van der Waals surface area contributed by atoms with Gasteiger partial charge in [0.2, 0.25) is 0 Å². The molecule has 0 aliphatic rings. The largest absolute Gasteiger partial charge is 0.462 e. The van der Waals surface area contributed by atoms with Gasteiger partial charge in [0.05, 0.1) is 0 Å². The van der Waals surface area contributed by atoms with Crippen molar-refractivity contribution in [2.24, 2.45) is 0 Å². The Morgan fingerprint density at radius 3 is 0.890 bits per heavy atom. The van der Waals surface area contributed by atoms with Crippen LogP contribution in [0.2, 0.25) is 0 Å². The maximum Gasteiger partial charge on any atom is 0.306 e. The van der Waals surface area contributed by atoms with Gasteiger partial charge in [0.25, 0.3) is 0 Å². The molecule has 73 heavy (non-hydrogen) atoms. The summed E-state index contributed by atoms with van der Waals surface area (Å²) in [5.41, 5.74) is 0. The van der Waals surface area contributed by atoms with Crippen molar-refractivity contribution in [2.45, 2.75) is 258 Å². The first kappa shape index (κ1) is 68.6. The Bertz CT molecular complexity index is 1580. The molecule has 0 amide bonds. The summed E-state index contributed by atoms with van der Waals surface area (Å²) in [6.07, 6.45) is 84.7. The number of hydrogen-bond donors (Lipinski definition) is 0. The Morgan fingerprint density at radius 2 is 0.562 bits per heavy atom. The van der Waals surface area contributed by atoms with Crippen LogP contribution in [0, 0.1) is 0 Å². The molecule has 0 fully saturated rings. The van der Waals surface area contributed by atoms with Crippen molar-refractivity contribution in [1.29, 1.82) is 0 Å². The van der Waals surface area contributed by atoms with Crippen molar-refractivity contribution in [3.05, 3.63) is 134 Å². The van der Waals surface area contributed by atoms with Gasteiger partial charge in [-0.1, -0.05) is 264 Å². The number of ether oxygens (including phenoxy) is 3.